The second kappa shape index (κ2) is 8.47. The minimum atomic E-state index is -0.0857. The van der Waals surface area contributed by atoms with Crippen LogP contribution in [0, 0.1) is 0 Å². The van der Waals surface area contributed by atoms with Crippen molar-refractivity contribution in [3.63, 3.8) is 0 Å². The zero-order chi connectivity index (χ0) is 14.1. The number of nitrogens with zero attached hydrogens (tertiary/aromatic N) is 1. The molecule has 0 atom stereocenters. The molecular formula is C13H26N2O4. The first-order valence-corrected chi connectivity index (χ1v) is 6.72. The van der Waals surface area contributed by atoms with E-state index in [-0.39, 0.29) is 18.1 Å². The van der Waals surface area contributed by atoms with Gasteiger partial charge in [0.2, 0.25) is 5.91 Å². The number of carbonyl (C=O) groups excluding carboxylic acids is 1. The Morgan fingerprint density at radius 3 is 2.63 bits per heavy atom. The van der Waals surface area contributed by atoms with Crippen molar-refractivity contribution in [3.8, 4) is 0 Å². The van der Waals surface area contributed by atoms with Crippen molar-refractivity contribution in [2.75, 3.05) is 59.8 Å². The summed E-state index contributed by atoms with van der Waals surface area (Å²) in [6.45, 7) is 9.25. The second-order valence-electron chi connectivity index (χ2n) is 5.23. The Hall–Kier alpha value is -0.690. The average molecular weight is 274 g/mol. The van der Waals surface area contributed by atoms with Gasteiger partial charge in [-0.2, -0.15) is 0 Å². The number of methoxy groups -OCH3 is 1. The summed E-state index contributed by atoms with van der Waals surface area (Å²) >= 11 is 0. The molecule has 6 nitrogen and oxygen atoms in total. The van der Waals surface area contributed by atoms with E-state index in [2.05, 4.69) is 24.1 Å². The van der Waals surface area contributed by atoms with Gasteiger partial charge in [0.15, 0.2) is 0 Å². The van der Waals surface area contributed by atoms with Crippen LogP contribution in [0.5, 0.6) is 0 Å². The molecule has 0 spiro atoms. The lowest BCUT2D eigenvalue weighted by molar-refractivity contribution is -0.126. The van der Waals surface area contributed by atoms with Crippen LogP contribution in [0.25, 0.3) is 0 Å². The van der Waals surface area contributed by atoms with E-state index in [9.17, 15) is 4.79 Å². The zero-order valence-corrected chi connectivity index (χ0v) is 12.2. The van der Waals surface area contributed by atoms with Gasteiger partial charge in [-0.25, -0.2) is 0 Å². The molecule has 1 N–H and O–H groups in total. The molecule has 19 heavy (non-hydrogen) atoms. The summed E-state index contributed by atoms with van der Waals surface area (Å²) in [7, 11) is 1.61. The molecule has 0 aromatic rings. The van der Waals surface area contributed by atoms with E-state index in [1.807, 2.05) is 0 Å². The Labute approximate surface area is 115 Å². The summed E-state index contributed by atoms with van der Waals surface area (Å²) in [6.07, 6.45) is 0. The van der Waals surface area contributed by atoms with Crippen molar-refractivity contribution in [1.29, 1.82) is 0 Å². The molecular weight excluding hydrogens is 248 g/mol. The molecule has 1 aliphatic heterocycles. The number of hydrogen-bond donors (Lipinski definition) is 1. The summed E-state index contributed by atoms with van der Waals surface area (Å²) in [5.41, 5.74) is -0.0635. The van der Waals surface area contributed by atoms with Crippen LogP contribution in [0.2, 0.25) is 0 Å². The van der Waals surface area contributed by atoms with Crippen molar-refractivity contribution >= 4 is 5.91 Å². The van der Waals surface area contributed by atoms with Crippen molar-refractivity contribution < 1.29 is 19.0 Å². The van der Waals surface area contributed by atoms with Crippen LogP contribution in [0.15, 0.2) is 0 Å². The highest BCUT2D eigenvalue weighted by atomic mass is 16.5. The molecule has 0 radical (unpaired) electrons. The molecule has 1 aliphatic rings. The molecule has 1 amide bonds. The molecule has 6 heteroatoms. The lowest BCUT2D eigenvalue weighted by Gasteiger charge is -2.40. The quantitative estimate of drug-likeness (QED) is 0.625. The molecule has 0 unspecified atom stereocenters. The third-order valence-electron chi connectivity index (χ3n) is 3.25. The van der Waals surface area contributed by atoms with Crippen molar-refractivity contribution in [2.24, 2.45) is 0 Å². The molecule has 1 heterocycles. The van der Waals surface area contributed by atoms with Crippen LogP contribution in [-0.2, 0) is 19.0 Å². The van der Waals surface area contributed by atoms with Crippen LogP contribution in [0.3, 0.4) is 0 Å². The van der Waals surface area contributed by atoms with Gasteiger partial charge >= 0.3 is 0 Å². The molecule has 0 aromatic heterocycles. The highest BCUT2D eigenvalue weighted by Crippen LogP contribution is 2.14. The first-order chi connectivity index (χ1) is 9.06. The van der Waals surface area contributed by atoms with Crippen molar-refractivity contribution in [1.82, 2.24) is 10.2 Å². The van der Waals surface area contributed by atoms with Gasteiger partial charge < -0.3 is 19.5 Å². The van der Waals surface area contributed by atoms with Crippen LogP contribution in [0.4, 0.5) is 0 Å². The fourth-order valence-corrected chi connectivity index (χ4v) is 1.95. The maximum absolute atomic E-state index is 11.6. The maximum atomic E-state index is 11.6. The van der Waals surface area contributed by atoms with Gasteiger partial charge in [0, 0.05) is 32.3 Å². The lowest BCUT2D eigenvalue weighted by Crippen LogP contribution is -2.55. The first kappa shape index (κ1) is 16.4. The topological polar surface area (TPSA) is 60.0 Å². The Balaban J connectivity index is 2.20. The predicted molar refractivity (Wildman–Crippen MR) is 72.2 cm³/mol. The molecule has 0 bridgehead atoms. The Bertz CT molecular complexity index is 265. The number of ether oxygens (including phenoxy) is 3. The predicted octanol–water partition coefficient (Wildman–Crippen LogP) is -0.124. The largest absolute Gasteiger partial charge is 0.382 e. The van der Waals surface area contributed by atoms with E-state index < -0.39 is 0 Å². The molecule has 0 aliphatic carbocycles. The van der Waals surface area contributed by atoms with E-state index in [1.165, 1.54) is 0 Å². The van der Waals surface area contributed by atoms with Crippen LogP contribution in [0.1, 0.15) is 13.8 Å². The number of morpholine rings is 1. The lowest BCUT2D eigenvalue weighted by atomic mass is 10.0. The Morgan fingerprint density at radius 2 is 2.00 bits per heavy atom. The van der Waals surface area contributed by atoms with Gasteiger partial charge in [-0.15, -0.1) is 0 Å². The number of hydrogen-bond acceptors (Lipinski definition) is 5. The normalized spacial score (nSPS) is 17.4. The van der Waals surface area contributed by atoms with Crippen LogP contribution in [-0.4, -0.2) is 76.1 Å². The standard InChI is InChI=1S/C13H26N2O4/c1-13(2,15-4-6-18-7-5-15)11-14-12(16)10-19-9-8-17-3/h4-11H2,1-3H3,(H,14,16). The van der Waals surface area contributed by atoms with Gasteiger partial charge in [0.05, 0.1) is 26.4 Å². The minimum Gasteiger partial charge on any atom is -0.382 e. The SMILES string of the molecule is COCCOCC(=O)NCC(C)(C)N1CCOCC1. The summed E-state index contributed by atoms with van der Waals surface area (Å²) in [6, 6.07) is 0. The van der Waals surface area contributed by atoms with Crippen molar-refractivity contribution in [3.05, 3.63) is 0 Å². The van der Waals surface area contributed by atoms with E-state index in [0.29, 0.717) is 19.8 Å². The third kappa shape index (κ3) is 6.33. The van der Waals surface area contributed by atoms with Gasteiger partial charge in [-0.1, -0.05) is 0 Å². The van der Waals surface area contributed by atoms with Gasteiger partial charge in [0.1, 0.15) is 6.61 Å². The highest BCUT2D eigenvalue weighted by Gasteiger charge is 2.28. The molecule has 1 rings (SSSR count). The zero-order valence-electron chi connectivity index (χ0n) is 12.2. The summed E-state index contributed by atoms with van der Waals surface area (Å²) in [4.78, 5) is 14.0. The van der Waals surface area contributed by atoms with Gasteiger partial charge in [-0.3, -0.25) is 9.69 Å². The van der Waals surface area contributed by atoms with E-state index in [0.717, 1.165) is 26.3 Å². The fourth-order valence-electron chi connectivity index (χ4n) is 1.95. The number of nitrogens with one attached hydrogen (secondary N) is 1. The first-order valence-electron chi connectivity index (χ1n) is 6.72. The number of carbonyl (C=O) groups is 1. The smallest absolute Gasteiger partial charge is 0.246 e. The number of amides is 1. The molecule has 112 valence electrons. The average Bonchev–Trinajstić information content (AvgIpc) is 2.42. The van der Waals surface area contributed by atoms with E-state index in [1.54, 1.807) is 7.11 Å². The third-order valence-corrected chi connectivity index (χ3v) is 3.25. The van der Waals surface area contributed by atoms with Crippen molar-refractivity contribution in [2.45, 2.75) is 19.4 Å². The molecule has 0 saturated carbocycles. The van der Waals surface area contributed by atoms with E-state index in [4.69, 9.17) is 14.2 Å². The molecule has 1 saturated heterocycles. The van der Waals surface area contributed by atoms with Crippen LogP contribution >= 0.6 is 0 Å². The van der Waals surface area contributed by atoms with Gasteiger partial charge in [-0.05, 0) is 13.8 Å². The molecule has 1 fully saturated rings. The van der Waals surface area contributed by atoms with E-state index >= 15 is 0 Å². The maximum Gasteiger partial charge on any atom is 0.246 e. The number of rotatable bonds is 8. The summed E-state index contributed by atoms with van der Waals surface area (Å²) in [5.74, 6) is -0.0857. The molecule has 0 aromatic carbocycles. The second-order valence-corrected chi connectivity index (χ2v) is 5.23. The minimum absolute atomic E-state index is 0.0635. The fraction of sp³-hybridized carbons (Fsp3) is 0.923. The summed E-state index contributed by atoms with van der Waals surface area (Å²) in [5, 5.41) is 2.91. The summed E-state index contributed by atoms with van der Waals surface area (Å²) < 4.78 is 15.4. The Morgan fingerprint density at radius 1 is 1.32 bits per heavy atom. The highest BCUT2D eigenvalue weighted by molar-refractivity contribution is 5.77. The van der Waals surface area contributed by atoms with Gasteiger partial charge in [0.25, 0.3) is 0 Å². The monoisotopic (exact) mass is 274 g/mol. The Kier molecular flexibility index (Phi) is 7.30. The van der Waals surface area contributed by atoms with Crippen LogP contribution < -0.4 is 5.32 Å².